The topological polar surface area (TPSA) is 53.1 Å². The van der Waals surface area contributed by atoms with E-state index in [2.05, 4.69) is 4.98 Å². The zero-order valence-corrected chi connectivity index (χ0v) is 10.1. The Balaban J connectivity index is 1.95. The minimum absolute atomic E-state index is 0.321. The molecule has 1 aliphatic rings. The Morgan fingerprint density at radius 2 is 2.39 bits per heavy atom. The van der Waals surface area contributed by atoms with E-state index in [1.165, 1.54) is 6.07 Å². The van der Waals surface area contributed by atoms with Gasteiger partial charge >= 0.3 is 0 Å². The summed E-state index contributed by atoms with van der Waals surface area (Å²) in [6.07, 6.45) is 2.19. The Bertz CT molecular complexity index is 561. The number of aromatic nitrogens is 2. The maximum Gasteiger partial charge on any atom is 0.201 e. The Labute approximate surface area is 105 Å². The van der Waals surface area contributed by atoms with E-state index in [-0.39, 0.29) is 5.82 Å². The molecule has 1 atom stereocenters. The minimum Gasteiger partial charge on any atom is -0.381 e. The third-order valence-corrected chi connectivity index (χ3v) is 3.45. The molecule has 96 valence electrons. The first-order valence-electron chi connectivity index (χ1n) is 6.23. The highest BCUT2D eigenvalue weighted by Gasteiger charge is 2.18. The van der Waals surface area contributed by atoms with Gasteiger partial charge in [0, 0.05) is 19.1 Å². The number of benzene rings is 1. The van der Waals surface area contributed by atoms with Gasteiger partial charge in [0.1, 0.15) is 5.52 Å². The number of nitrogen functional groups attached to an aromatic ring is 1. The molecular weight excluding hydrogens is 233 g/mol. The molecule has 1 aliphatic heterocycles. The SMILES string of the molecule is Nc1nc2c(F)cccc2n1CC1CCCOC1. The smallest absolute Gasteiger partial charge is 0.201 e. The Morgan fingerprint density at radius 3 is 3.17 bits per heavy atom. The van der Waals surface area contributed by atoms with E-state index in [0.717, 1.165) is 38.1 Å². The second kappa shape index (κ2) is 4.57. The quantitative estimate of drug-likeness (QED) is 0.887. The molecule has 4 nitrogen and oxygen atoms in total. The van der Waals surface area contributed by atoms with Gasteiger partial charge in [0.2, 0.25) is 5.95 Å². The van der Waals surface area contributed by atoms with Crippen molar-refractivity contribution < 1.29 is 9.13 Å². The molecule has 0 aliphatic carbocycles. The predicted molar refractivity (Wildman–Crippen MR) is 67.6 cm³/mol. The van der Waals surface area contributed by atoms with Crippen LogP contribution in [0.15, 0.2) is 18.2 Å². The molecule has 0 radical (unpaired) electrons. The fourth-order valence-electron chi connectivity index (χ4n) is 2.53. The maximum atomic E-state index is 13.6. The minimum atomic E-state index is -0.321. The molecule has 0 saturated carbocycles. The van der Waals surface area contributed by atoms with Gasteiger partial charge in [-0.2, -0.15) is 0 Å². The lowest BCUT2D eigenvalue weighted by atomic mass is 10.0. The molecule has 18 heavy (non-hydrogen) atoms. The second-order valence-corrected chi connectivity index (χ2v) is 4.77. The predicted octanol–water partition coefficient (Wildman–Crippen LogP) is 2.18. The van der Waals surface area contributed by atoms with Crippen molar-refractivity contribution in [1.82, 2.24) is 9.55 Å². The first-order valence-corrected chi connectivity index (χ1v) is 6.23. The lowest BCUT2D eigenvalue weighted by Gasteiger charge is -2.23. The number of nitrogens with zero attached hydrogens (tertiary/aromatic N) is 2. The fourth-order valence-corrected chi connectivity index (χ4v) is 2.53. The zero-order chi connectivity index (χ0) is 12.5. The summed E-state index contributed by atoms with van der Waals surface area (Å²) in [5.41, 5.74) is 7.00. The summed E-state index contributed by atoms with van der Waals surface area (Å²) in [7, 11) is 0. The number of fused-ring (bicyclic) bond motifs is 1. The van der Waals surface area contributed by atoms with Crippen LogP contribution in [0, 0.1) is 11.7 Å². The summed E-state index contributed by atoms with van der Waals surface area (Å²) in [4.78, 5) is 4.10. The standard InChI is InChI=1S/C13H16FN3O/c14-10-4-1-5-11-12(10)16-13(15)17(11)7-9-3-2-6-18-8-9/h1,4-5,9H,2-3,6-8H2,(H2,15,16). The third kappa shape index (κ3) is 1.95. The van der Waals surface area contributed by atoms with Gasteiger partial charge in [-0.05, 0) is 25.0 Å². The van der Waals surface area contributed by atoms with E-state index in [9.17, 15) is 4.39 Å². The second-order valence-electron chi connectivity index (χ2n) is 4.77. The largest absolute Gasteiger partial charge is 0.381 e. The highest BCUT2D eigenvalue weighted by molar-refractivity contribution is 5.78. The number of anilines is 1. The molecule has 0 amide bonds. The molecule has 0 bridgehead atoms. The number of para-hydroxylation sites is 1. The lowest BCUT2D eigenvalue weighted by molar-refractivity contribution is 0.0490. The van der Waals surface area contributed by atoms with Crippen LogP contribution >= 0.6 is 0 Å². The van der Waals surface area contributed by atoms with Crippen molar-refractivity contribution >= 4 is 17.0 Å². The molecule has 2 aromatic rings. The van der Waals surface area contributed by atoms with E-state index in [1.54, 1.807) is 6.07 Å². The van der Waals surface area contributed by atoms with E-state index >= 15 is 0 Å². The average molecular weight is 249 g/mol. The van der Waals surface area contributed by atoms with Gasteiger partial charge in [0.15, 0.2) is 5.82 Å². The number of imidazole rings is 1. The molecule has 2 heterocycles. The highest BCUT2D eigenvalue weighted by atomic mass is 19.1. The molecule has 1 aromatic carbocycles. The molecule has 2 N–H and O–H groups in total. The summed E-state index contributed by atoms with van der Waals surface area (Å²) in [5, 5.41) is 0. The number of rotatable bonds is 2. The van der Waals surface area contributed by atoms with Crippen LogP contribution in [-0.2, 0) is 11.3 Å². The fraction of sp³-hybridized carbons (Fsp3) is 0.462. The summed E-state index contributed by atoms with van der Waals surface area (Å²) >= 11 is 0. The lowest BCUT2D eigenvalue weighted by Crippen LogP contribution is -2.22. The van der Waals surface area contributed by atoms with Gasteiger partial charge in [0.05, 0.1) is 12.1 Å². The number of halogens is 1. The van der Waals surface area contributed by atoms with Gasteiger partial charge in [-0.15, -0.1) is 0 Å². The van der Waals surface area contributed by atoms with E-state index in [1.807, 2.05) is 10.6 Å². The van der Waals surface area contributed by atoms with Gasteiger partial charge in [-0.1, -0.05) is 6.07 Å². The van der Waals surface area contributed by atoms with Crippen molar-refractivity contribution in [3.63, 3.8) is 0 Å². The molecule has 3 rings (SSSR count). The molecule has 1 unspecified atom stereocenters. The molecule has 1 aromatic heterocycles. The van der Waals surface area contributed by atoms with Crippen LogP contribution in [0.4, 0.5) is 10.3 Å². The van der Waals surface area contributed by atoms with Crippen molar-refractivity contribution in [1.29, 1.82) is 0 Å². The summed E-state index contributed by atoms with van der Waals surface area (Å²) < 4.78 is 20.9. The van der Waals surface area contributed by atoms with Gasteiger partial charge < -0.3 is 15.0 Å². The summed E-state index contributed by atoms with van der Waals surface area (Å²) in [6, 6.07) is 4.95. The third-order valence-electron chi connectivity index (χ3n) is 3.45. The Morgan fingerprint density at radius 1 is 1.50 bits per heavy atom. The number of nitrogens with two attached hydrogens (primary N) is 1. The molecule has 1 saturated heterocycles. The van der Waals surface area contributed by atoms with Crippen LogP contribution in [0.25, 0.3) is 11.0 Å². The molecule has 0 spiro atoms. The normalized spacial score (nSPS) is 20.4. The van der Waals surface area contributed by atoms with Gasteiger partial charge in [-0.3, -0.25) is 0 Å². The monoisotopic (exact) mass is 249 g/mol. The van der Waals surface area contributed by atoms with E-state index in [4.69, 9.17) is 10.5 Å². The van der Waals surface area contributed by atoms with Crippen molar-refractivity contribution in [3.05, 3.63) is 24.0 Å². The highest BCUT2D eigenvalue weighted by Crippen LogP contribution is 2.24. The number of hydrogen-bond acceptors (Lipinski definition) is 3. The van der Waals surface area contributed by atoms with Crippen LogP contribution in [0.3, 0.4) is 0 Å². The number of ether oxygens (including phenoxy) is 1. The molecule has 5 heteroatoms. The van der Waals surface area contributed by atoms with Gasteiger partial charge in [0.25, 0.3) is 0 Å². The van der Waals surface area contributed by atoms with Crippen LogP contribution in [0.1, 0.15) is 12.8 Å². The zero-order valence-electron chi connectivity index (χ0n) is 10.1. The molecule has 1 fully saturated rings. The van der Waals surface area contributed by atoms with Crippen LogP contribution < -0.4 is 5.73 Å². The van der Waals surface area contributed by atoms with Crippen molar-refractivity contribution in [3.8, 4) is 0 Å². The van der Waals surface area contributed by atoms with Crippen LogP contribution in [-0.4, -0.2) is 22.8 Å². The van der Waals surface area contributed by atoms with Crippen LogP contribution in [0.2, 0.25) is 0 Å². The average Bonchev–Trinajstić information content (AvgIpc) is 2.70. The first-order chi connectivity index (χ1) is 8.75. The van der Waals surface area contributed by atoms with Crippen molar-refractivity contribution in [2.45, 2.75) is 19.4 Å². The van der Waals surface area contributed by atoms with Crippen LogP contribution in [0.5, 0.6) is 0 Å². The first kappa shape index (κ1) is 11.5. The molecular formula is C13H16FN3O. The van der Waals surface area contributed by atoms with Crippen molar-refractivity contribution in [2.75, 3.05) is 18.9 Å². The van der Waals surface area contributed by atoms with Gasteiger partial charge in [-0.25, -0.2) is 9.37 Å². The summed E-state index contributed by atoms with van der Waals surface area (Å²) in [6.45, 7) is 2.32. The van der Waals surface area contributed by atoms with E-state index < -0.39 is 0 Å². The Hall–Kier alpha value is -1.62. The summed E-state index contributed by atoms with van der Waals surface area (Å²) in [5.74, 6) is 0.486. The van der Waals surface area contributed by atoms with E-state index in [0.29, 0.717) is 17.4 Å². The van der Waals surface area contributed by atoms with Crippen molar-refractivity contribution in [2.24, 2.45) is 5.92 Å². The maximum absolute atomic E-state index is 13.6. The number of hydrogen-bond donors (Lipinski definition) is 1. The Kier molecular flexibility index (Phi) is 2.91.